The largest absolute Gasteiger partial charge is 0.494 e. The zero-order valence-corrected chi connectivity index (χ0v) is 16.3. The average Bonchev–Trinajstić information content (AvgIpc) is 2.82. The van der Waals surface area contributed by atoms with Crippen LogP contribution in [0.4, 0.5) is 5.69 Å². The molecule has 1 amide bonds. The molecule has 2 aromatic rings. The summed E-state index contributed by atoms with van der Waals surface area (Å²) in [5.41, 5.74) is 1.46. The summed E-state index contributed by atoms with van der Waals surface area (Å²) in [4.78, 5) is 14.8. The van der Waals surface area contributed by atoms with Gasteiger partial charge in [0.15, 0.2) is 4.32 Å². The smallest absolute Gasteiger partial charge is 0.270 e. The fourth-order valence-electron chi connectivity index (χ4n) is 2.36. The van der Waals surface area contributed by atoms with Gasteiger partial charge in [-0.3, -0.25) is 9.69 Å². The van der Waals surface area contributed by atoms with Crippen molar-refractivity contribution >= 4 is 69.2 Å². The second-order valence-electron chi connectivity index (χ2n) is 5.15. The van der Waals surface area contributed by atoms with Gasteiger partial charge in [0.05, 0.1) is 17.2 Å². The maximum absolute atomic E-state index is 12.8. The molecule has 0 aromatic heterocycles. The summed E-state index contributed by atoms with van der Waals surface area (Å²) in [5, 5.41) is 1.03. The lowest BCUT2D eigenvalue weighted by Crippen LogP contribution is -2.27. The van der Waals surface area contributed by atoms with E-state index in [1.54, 1.807) is 24.3 Å². The number of hydrogen-bond donors (Lipinski definition) is 0. The maximum atomic E-state index is 12.8. The predicted molar refractivity (Wildman–Crippen MR) is 110 cm³/mol. The van der Waals surface area contributed by atoms with Gasteiger partial charge in [-0.05, 0) is 61.0 Å². The van der Waals surface area contributed by atoms with Crippen LogP contribution in [0.3, 0.4) is 0 Å². The van der Waals surface area contributed by atoms with E-state index < -0.39 is 0 Å². The first-order chi connectivity index (χ1) is 12.0. The Morgan fingerprint density at radius 1 is 1.16 bits per heavy atom. The monoisotopic (exact) mass is 409 g/mol. The molecule has 0 saturated carbocycles. The van der Waals surface area contributed by atoms with E-state index in [9.17, 15) is 4.79 Å². The molecule has 0 radical (unpaired) electrons. The van der Waals surface area contributed by atoms with Gasteiger partial charge >= 0.3 is 0 Å². The molecule has 0 unspecified atom stereocenters. The Morgan fingerprint density at radius 3 is 2.40 bits per heavy atom. The van der Waals surface area contributed by atoms with E-state index in [0.29, 0.717) is 31.6 Å². The van der Waals surface area contributed by atoms with E-state index in [1.165, 1.54) is 16.7 Å². The highest BCUT2D eigenvalue weighted by Crippen LogP contribution is 2.37. The molecule has 25 heavy (non-hydrogen) atoms. The Hall–Kier alpha value is -1.53. The van der Waals surface area contributed by atoms with Crippen molar-refractivity contribution in [3.05, 3.63) is 63.0 Å². The van der Waals surface area contributed by atoms with Crippen LogP contribution in [0.2, 0.25) is 10.0 Å². The first kappa shape index (κ1) is 18.3. The molecule has 1 fully saturated rings. The Morgan fingerprint density at radius 2 is 1.80 bits per heavy atom. The van der Waals surface area contributed by atoms with Crippen molar-refractivity contribution in [3.63, 3.8) is 0 Å². The van der Waals surface area contributed by atoms with Crippen LogP contribution >= 0.6 is 47.2 Å². The fourth-order valence-corrected chi connectivity index (χ4v) is 4.20. The van der Waals surface area contributed by atoms with Gasteiger partial charge < -0.3 is 4.74 Å². The fraction of sp³-hybridized carbons (Fsp3) is 0.111. The van der Waals surface area contributed by atoms with E-state index >= 15 is 0 Å². The number of thiocarbonyl (C=S) groups is 1. The lowest BCUT2D eigenvalue weighted by Gasteiger charge is -2.15. The number of benzene rings is 2. The molecule has 1 saturated heterocycles. The van der Waals surface area contributed by atoms with Gasteiger partial charge in [-0.1, -0.05) is 47.2 Å². The van der Waals surface area contributed by atoms with Crippen LogP contribution in [0.25, 0.3) is 6.08 Å². The molecule has 1 heterocycles. The molecule has 0 N–H and O–H groups in total. The third-order valence-corrected chi connectivity index (χ3v) is 5.12. The van der Waals surface area contributed by atoms with Crippen LogP contribution in [0.5, 0.6) is 5.75 Å². The molecule has 0 atom stereocenters. The van der Waals surface area contributed by atoms with Crippen LogP contribution in [-0.2, 0) is 4.79 Å². The number of anilines is 1. The van der Waals surface area contributed by atoms with Crippen molar-refractivity contribution < 1.29 is 9.53 Å². The quantitative estimate of drug-likeness (QED) is 0.471. The first-order valence-corrected chi connectivity index (χ1v) is 9.43. The minimum atomic E-state index is -0.171. The van der Waals surface area contributed by atoms with Crippen LogP contribution in [0, 0.1) is 0 Å². The number of carbonyl (C=O) groups excluding carboxylic acids is 1. The van der Waals surface area contributed by atoms with Gasteiger partial charge in [-0.25, -0.2) is 0 Å². The molecule has 0 bridgehead atoms. The molecule has 3 nitrogen and oxygen atoms in total. The normalized spacial score (nSPS) is 16.0. The molecule has 128 valence electrons. The minimum Gasteiger partial charge on any atom is -0.494 e. The molecule has 0 spiro atoms. The van der Waals surface area contributed by atoms with E-state index in [4.69, 9.17) is 40.2 Å². The predicted octanol–water partition coefficient (Wildman–Crippen LogP) is 5.80. The van der Waals surface area contributed by atoms with Crippen LogP contribution in [0.15, 0.2) is 47.4 Å². The van der Waals surface area contributed by atoms with Gasteiger partial charge in [0.25, 0.3) is 5.91 Å². The third-order valence-electron chi connectivity index (χ3n) is 3.38. The second kappa shape index (κ2) is 7.79. The van der Waals surface area contributed by atoms with E-state index in [2.05, 4.69) is 0 Å². The van der Waals surface area contributed by atoms with Gasteiger partial charge in [-0.2, -0.15) is 0 Å². The zero-order chi connectivity index (χ0) is 18.0. The lowest BCUT2D eigenvalue weighted by atomic mass is 10.2. The van der Waals surface area contributed by atoms with Crippen molar-refractivity contribution in [1.29, 1.82) is 0 Å². The Labute approximate surface area is 165 Å². The van der Waals surface area contributed by atoms with Crippen molar-refractivity contribution in [2.24, 2.45) is 0 Å². The third kappa shape index (κ3) is 4.18. The van der Waals surface area contributed by atoms with Crippen LogP contribution in [0.1, 0.15) is 12.5 Å². The van der Waals surface area contributed by atoms with Gasteiger partial charge in [0.1, 0.15) is 5.75 Å². The van der Waals surface area contributed by atoms with E-state index in [1.807, 2.05) is 31.2 Å². The molecule has 1 aliphatic rings. The Kier molecular flexibility index (Phi) is 5.69. The van der Waals surface area contributed by atoms with E-state index in [-0.39, 0.29) is 5.91 Å². The standard InChI is InChI=1S/C18H13Cl2NO2S2/c1-2-23-15-5-3-14(4-6-15)21-17(22)16(25-18(21)24)9-11-7-12(19)10-13(20)8-11/h3-10H,2H2,1H3. The van der Waals surface area contributed by atoms with Gasteiger partial charge in [0, 0.05) is 10.0 Å². The summed E-state index contributed by atoms with van der Waals surface area (Å²) in [6.07, 6.45) is 1.74. The molecule has 2 aromatic carbocycles. The average molecular weight is 410 g/mol. The lowest BCUT2D eigenvalue weighted by molar-refractivity contribution is -0.113. The first-order valence-electron chi connectivity index (χ1n) is 7.45. The Bertz CT molecular complexity index is 846. The van der Waals surface area contributed by atoms with Gasteiger partial charge in [0.2, 0.25) is 0 Å². The highest BCUT2D eigenvalue weighted by atomic mass is 35.5. The summed E-state index contributed by atoms with van der Waals surface area (Å²) in [7, 11) is 0. The number of rotatable bonds is 4. The number of amides is 1. The minimum absolute atomic E-state index is 0.171. The Balaban J connectivity index is 1.88. The van der Waals surface area contributed by atoms with Crippen LogP contribution < -0.4 is 9.64 Å². The molecule has 0 aliphatic carbocycles. The zero-order valence-electron chi connectivity index (χ0n) is 13.2. The second-order valence-corrected chi connectivity index (χ2v) is 7.70. The SMILES string of the molecule is CCOc1ccc(N2C(=O)C(=Cc3cc(Cl)cc(Cl)c3)SC2=S)cc1. The van der Waals surface area contributed by atoms with Crippen LogP contribution in [-0.4, -0.2) is 16.8 Å². The number of ether oxygens (including phenoxy) is 1. The molecular formula is C18H13Cl2NO2S2. The van der Waals surface area contributed by atoms with Gasteiger partial charge in [-0.15, -0.1) is 0 Å². The highest BCUT2D eigenvalue weighted by Gasteiger charge is 2.33. The maximum Gasteiger partial charge on any atom is 0.270 e. The number of carbonyl (C=O) groups is 1. The van der Waals surface area contributed by atoms with Crippen molar-refractivity contribution in [1.82, 2.24) is 0 Å². The number of halogens is 2. The van der Waals surface area contributed by atoms with Crippen molar-refractivity contribution in [2.75, 3.05) is 11.5 Å². The summed E-state index contributed by atoms with van der Waals surface area (Å²) >= 11 is 18.6. The summed E-state index contributed by atoms with van der Waals surface area (Å²) in [6.45, 7) is 2.51. The van der Waals surface area contributed by atoms with Crippen molar-refractivity contribution in [2.45, 2.75) is 6.92 Å². The molecular weight excluding hydrogens is 397 g/mol. The number of nitrogens with zero attached hydrogens (tertiary/aromatic N) is 1. The summed E-state index contributed by atoms with van der Waals surface area (Å²) < 4.78 is 5.90. The summed E-state index contributed by atoms with van der Waals surface area (Å²) in [5.74, 6) is 0.580. The number of hydrogen-bond acceptors (Lipinski definition) is 4. The number of thioether (sulfide) groups is 1. The highest BCUT2D eigenvalue weighted by molar-refractivity contribution is 8.27. The molecule has 1 aliphatic heterocycles. The topological polar surface area (TPSA) is 29.5 Å². The molecule has 7 heteroatoms. The van der Waals surface area contributed by atoms with Crippen molar-refractivity contribution in [3.8, 4) is 5.75 Å². The van der Waals surface area contributed by atoms with E-state index in [0.717, 1.165) is 11.3 Å². The summed E-state index contributed by atoms with van der Waals surface area (Å²) in [6, 6.07) is 12.4. The molecule has 3 rings (SSSR count).